The zero-order valence-electron chi connectivity index (χ0n) is 18.2. The molecule has 1 saturated heterocycles. The van der Waals surface area contributed by atoms with E-state index in [0.29, 0.717) is 31.3 Å². The number of hydrogen-bond donors (Lipinski definition) is 0. The summed E-state index contributed by atoms with van der Waals surface area (Å²) in [7, 11) is 0. The smallest absolute Gasteiger partial charge is 0.180 e. The number of benzene rings is 2. The Morgan fingerprint density at radius 2 is 1.91 bits per heavy atom. The molecule has 2 unspecified atom stereocenters. The molecule has 32 heavy (non-hydrogen) atoms. The van der Waals surface area contributed by atoms with Crippen molar-refractivity contribution in [3.63, 3.8) is 0 Å². The number of ether oxygens (including phenoxy) is 4. The van der Waals surface area contributed by atoms with Crippen LogP contribution in [0.2, 0.25) is 0 Å². The minimum absolute atomic E-state index is 0.0199. The van der Waals surface area contributed by atoms with Crippen LogP contribution in [0.5, 0.6) is 11.5 Å². The van der Waals surface area contributed by atoms with Crippen LogP contribution in [0.3, 0.4) is 0 Å². The summed E-state index contributed by atoms with van der Waals surface area (Å²) in [6.07, 6.45) is 5.35. The number of ketones is 1. The molecule has 2 aliphatic heterocycles. The van der Waals surface area contributed by atoms with Gasteiger partial charge < -0.3 is 18.9 Å². The third-order valence-electron chi connectivity index (χ3n) is 5.47. The lowest BCUT2D eigenvalue weighted by Crippen LogP contribution is -2.24. The largest absolute Gasteiger partial charge is 0.491 e. The molecule has 0 aliphatic carbocycles. The summed E-state index contributed by atoms with van der Waals surface area (Å²) in [6, 6.07) is 9.97. The molecule has 7 heteroatoms. The van der Waals surface area contributed by atoms with Crippen LogP contribution in [0.15, 0.2) is 41.4 Å². The Kier molecular flexibility index (Phi) is 7.50. The van der Waals surface area contributed by atoms with Crippen LogP contribution in [0.1, 0.15) is 54.4 Å². The molecule has 2 atom stereocenters. The summed E-state index contributed by atoms with van der Waals surface area (Å²) in [4.78, 5) is 17.4. The molecule has 0 spiro atoms. The van der Waals surface area contributed by atoms with E-state index in [0.717, 1.165) is 37.9 Å². The summed E-state index contributed by atoms with van der Waals surface area (Å²) >= 11 is 0. The first-order valence-corrected chi connectivity index (χ1v) is 11.2. The number of nitrogens with zero attached hydrogens (tertiary/aromatic N) is 1. The Morgan fingerprint density at radius 1 is 1.06 bits per heavy atom. The van der Waals surface area contributed by atoms with Crippen molar-refractivity contribution < 1.29 is 28.1 Å². The fraction of sp³-hybridized carbons (Fsp3) is 0.440. The van der Waals surface area contributed by atoms with Crippen LogP contribution in [0.25, 0.3) is 0 Å². The second-order valence-corrected chi connectivity index (χ2v) is 7.82. The topological polar surface area (TPSA) is 66.3 Å². The maximum atomic E-state index is 14.5. The molecule has 4 rings (SSSR count). The summed E-state index contributed by atoms with van der Waals surface area (Å²) < 4.78 is 37.0. The van der Waals surface area contributed by atoms with Crippen molar-refractivity contribution in [1.29, 1.82) is 0 Å². The van der Waals surface area contributed by atoms with Crippen molar-refractivity contribution >= 4 is 17.7 Å². The summed E-state index contributed by atoms with van der Waals surface area (Å²) in [6.45, 7) is 4.05. The number of carbonyl (C=O) groups excluding carboxylic acids is 1. The van der Waals surface area contributed by atoms with Gasteiger partial charge in [0.05, 0.1) is 24.7 Å². The minimum Gasteiger partial charge on any atom is -0.491 e. The number of rotatable bonds is 9. The van der Waals surface area contributed by atoms with Gasteiger partial charge >= 0.3 is 0 Å². The van der Waals surface area contributed by atoms with Gasteiger partial charge in [-0.25, -0.2) is 4.39 Å². The Balaban J connectivity index is 1.37. The molecule has 0 saturated carbocycles. The lowest BCUT2D eigenvalue weighted by Gasteiger charge is -2.22. The third kappa shape index (κ3) is 5.16. The third-order valence-corrected chi connectivity index (χ3v) is 5.47. The average molecular weight is 441 g/mol. The predicted octanol–water partition coefficient (Wildman–Crippen LogP) is 5.22. The van der Waals surface area contributed by atoms with Crippen LogP contribution in [0, 0.1) is 5.82 Å². The van der Waals surface area contributed by atoms with Gasteiger partial charge in [0, 0.05) is 12.8 Å². The second kappa shape index (κ2) is 10.7. The van der Waals surface area contributed by atoms with Crippen LogP contribution in [-0.4, -0.2) is 44.7 Å². The van der Waals surface area contributed by atoms with E-state index in [2.05, 4.69) is 4.99 Å². The highest BCUT2D eigenvalue weighted by Gasteiger charge is 2.31. The first-order chi connectivity index (χ1) is 15.7. The van der Waals surface area contributed by atoms with Crippen molar-refractivity contribution in [2.45, 2.75) is 44.8 Å². The highest BCUT2D eigenvalue weighted by molar-refractivity contribution is 6.16. The quantitative estimate of drug-likeness (QED) is 0.499. The monoisotopic (exact) mass is 441 g/mol. The van der Waals surface area contributed by atoms with Gasteiger partial charge in [0.1, 0.15) is 29.6 Å². The molecule has 2 aromatic carbocycles. The molecule has 0 bridgehead atoms. The molecule has 2 heterocycles. The number of carbonyl (C=O) groups is 1. The molecule has 0 aromatic heterocycles. The summed E-state index contributed by atoms with van der Waals surface area (Å²) in [5.41, 5.74) is 0.970. The molecular weight excluding hydrogens is 413 g/mol. The van der Waals surface area contributed by atoms with Crippen LogP contribution < -0.4 is 9.47 Å². The van der Waals surface area contributed by atoms with E-state index in [9.17, 15) is 9.18 Å². The van der Waals surface area contributed by atoms with Crippen molar-refractivity contribution in [2.24, 2.45) is 4.99 Å². The average Bonchev–Trinajstić information content (AvgIpc) is 2.83. The highest BCUT2D eigenvalue weighted by atomic mass is 19.1. The SMILES string of the molecule is CCCOc1ccc(F)c2c1N=CC(c1ccc(OCCOC3CCCCO3)cc1)C2=O. The molecule has 6 nitrogen and oxygen atoms in total. The van der Waals surface area contributed by atoms with Gasteiger partial charge in [-0.1, -0.05) is 19.1 Å². The summed E-state index contributed by atoms with van der Waals surface area (Å²) in [5, 5.41) is 0. The van der Waals surface area contributed by atoms with E-state index < -0.39 is 11.7 Å². The summed E-state index contributed by atoms with van der Waals surface area (Å²) in [5.74, 6) is -0.472. The molecule has 0 amide bonds. The highest BCUT2D eigenvalue weighted by Crippen LogP contribution is 2.39. The number of aliphatic imine (C=N–C) groups is 1. The first kappa shape index (κ1) is 22.4. The number of halogens is 1. The van der Waals surface area contributed by atoms with E-state index in [1.165, 1.54) is 12.1 Å². The first-order valence-electron chi connectivity index (χ1n) is 11.2. The number of hydrogen-bond acceptors (Lipinski definition) is 6. The van der Waals surface area contributed by atoms with Crippen LogP contribution in [0.4, 0.5) is 10.1 Å². The molecule has 0 radical (unpaired) electrons. The zero-order chi connectivity index (χ0) is 22.3. The molecule has 2 aliphatic rings. The second-order valence-electron chi connectivity index (χ2n) is 7.82. The van der Waals surface area contributed by atoms with E-state index in [-0.39, 0.29) is 23.3 Å². The van der Waals surface area contributed by atoms with E-state index in [1.807, 2.05) is 6.92 Å². The lowest BCUT2D eigenvalue weighted by molar-refractivity contribution is -0.165. The van der Waals surface area contributed by atoms with E-state index in [4.69, 9.17) is 18.9 Å². The van der Waals surface area contributed by atoms with E-state index in [1.54, 1.807) is 30.5 Å². The zero-order valence-corrected chi connectivity index (χ0v) is 18.2. The Morgan fingerprint density at radius 3 is 2.66 bits per heavy atom. The number of fused-ring (bicyclic) bond motifs is 1. The lowest BCUT2D eigenvalue weighted by atomic mass is 9.88. The van der Waals surface area contributed by atoms with Gasteiger partial charge in [-0.2, -0.15) is 0 Å². The molecule has 0 N–H and O–H groups in total. The fourth-order valence-corrected chi connectivity index (χ4v) is 3.80. The molecule has 170 valence electrons. The standard InChI is InChI=1S/C25H28FNO5/c1-2-12-30-21-11-10-20(26)23-24(21)27-16-19(25(23)28)17-6-8-18(9-7-17)29-14-15-32-22-5-3-4-13-31-22/h6-11,16,19,22H,2-5,12-15H2,1H3. The normalized spacial score (nSPS) is 20.1. The van der Waals surface area contributed by atoms with Gasteiger partial charge in [-0.05, 0) is 55.5 Å². The van der Waals surface area contributed by atoms with Crippen molar-refractivity contribution in [1.82, 2.24) is 0 Å². The Hall–Kier alpha value is -2.77. The molecular formula is C25H28FNO5. The maximum absolute atomic E-state index is 14.5. The van der Waals surface area contributed by atoms with Crippen molar-refractivity contribution in [2.75, 3.05) is 26.4 Å². The van der Waals surface area contributed by atoms with Crippen molar-refractivity contribution in [3.05, 3.63) is 53.3 Å². The maximum Gasteiger partial charge on any atom is 0.180 e. The van der Waals surface area contributed by atoms with Gasteiger partial charge in [-0.15, -0.1) is 0 Å². The molecule has 2 aromatic rings. The van der Waals surface area contributed by atoms with Crippen molar-refractivity contribution in [3.8, 4) is 11.5 Å². The fourth-order valence-electron chi connectivity index (χ4n) is 3.80. The molecule has 1 fully saturated rings. The Labute approximate surface area is 187 Å². The van der Waals surface area contributed by atoms with Crippen LogP contribution in [-0.2, 0) is 9.47 Å². The minimum atomic E-state index is -0.653. The van der Waals surface area contributed by atoms with Gasteiger partial charge in [0.25, 0.3) is 0 Å². The van der Waals surface area contributed by atoms with Gasteiger partial charge in [0.15, 0.2) is 12.1 Å². The van der Waals surface area contributed by atoms with Gasteiger partial charge in [0.2, 0.25) is 0 Å². The van der Waals surface area contributed by atoms with Gasteiger partial charge in [-0.3, -0.25) is 9.79 Å². The van der Waals surface area contributed by atoms with Crippen LogP contribution >= 0.6 is 0 Å². The Bertz CT molecular complexity index is 954. The predicted molar refractivity (Wildman–Crippen MR) is 119 cm³/mol. The van der Waals surface area contributed by atoms with E-state index >= 15 is 0 Å². The number of Topliss-reactive ketones (excluding diaryl/α,β-unsaturated/α-hetero) is 1.